The Morgan fingerprint density at radius 3 is 2.44 bits per heavy atom. The molecule has 2 aromatic heterocycles. The zero-order valence-corrected chi connectivity index (χ0v) is 21.5. The Hall–Kier alpha value is -2.57. The van der Waals surface area contributed by atoms with E-state index >= 15 is 0 Å². The van der Waals surface area contributed by atoms with Crippen LogP contribution >= 0.6 is 34.5 Å². The molecule has 0 amide bonds. The van der Waals surface area contributed by atoms with Crippen molar-refractivity contribution in [2.24, 2.45) is 0 Å². The Morgan fingerprint density at radius 2 is 1.78 bits per heavy atom. The van der Waals surface area contributed by atoms with Gasteiger partial charge in [-0.2, -0.15) is 18.3 Å². The largest absolute Gasteiger partial charge is 0.490 e. The first-order chi connectivity index (χ1) is 16.9. The fraction of sp³-hybridized carbons (Fsp3) is 0.174. The van der Waals surface area contributed by atoms with Crippen molar-refractivity contribution in [2.45, 2.75) is 11.1 Å². The lowest BCUT2D eigenvalue weighted by atomic mass is 10.2. The third kappa shape index (κ3) is 5.55. The molecule has 2 aromatic carbocycles. The van der Waals surface area contributed by atoms with E-state index in [1.54, 1.807) is 18.2 Å². The molecule has 1 N–H and O–H groups in total. The maximum Gasteiger partial charge on any atom is 0.435 e. The number of alkyl halides is 3. The number of thiophene rings is 1. The van der Waals surface area contributed by atoms with Gasteiger partial charge in [-0.05, 0) is 60.2 Å². The molecule has 4 rings (SSSR count). The highest BCUT2D eigenvalue weighted by Crippen LogP contribution is 2.41. The Balaban J connectivity index is 1.82. The monoisotopic (exact) mass is 576 g/mol. The second kappa shape index (κ2) is 10.1. The molecule has 4 aromatic rings. The molecule has 0 atom stereocenters. The topological polar surface area (TPSA) is 81.4 Å². The second-order valence-electron chi connectivity index (χ2n) is 7.59. The molecular formula is C23H17Cl2F3N2O4S2. The van der Waals surface area contributed by atoms with E-state index in [2.05, 4.69) is 5.10 Å². The summed E-state index contributed by atoms with van der Waals surface area (Å²) >= 11 is 13.4. The molecule has 0 saturated heterocycles. The normalized spacial score (nSPS) is 12.2. The van der Waals surface area contributed by atoms with E-state index in [0.29, 0.717) is 15.3 Å². The van der Waals surface area contributed by atoms with Gasteiger partial charge in [-0.1, -0.05) is 23.2 Å². The minimum absolute atomic E-state index is 0.0708. The van der Waals surface area contributed by atoms with E-state index in [1.807, 2.05) is 0 Å². The van der Waals surface area contributed by atoms with Crippen LogP contribution in [-0.2, 0) is 16.0 Å². The molecule has 0 fully saturated rings. The van der Waals surface area contributed by atoms with E-state index in [0.717, 1.165) is 28.3 Å². The Bertz CT molecular complexity index is 1530. The van der Waals surface area contributed by atoms with Gasteiger partial charge in [0.15, 0.2) is 15.5 Å². The van der Waals surface area contributed by atoms with Crippen LogP contribution in [0.3, 0.4) is 0 Å². The molecule has 0 aliphatic heterocycles. The van der Waals surface area contributed by atoms with Gasteiger partial charge in [-0.25, -0.2) is 13.1 Å². The number of aliphatic hydroxyl groups is 1. The van der Waals surface area contributed by atoms with Crippen LogP contribution in [0, 0.1) is 0 Å². The van der Waals surface area contributed by atoms with Crippen molar-refractivity contribution in [3.05, 3.63) is 70.3 Å². The van der Waals surface area contributed by atoms with Crippen molar-refractivity contribution in [1.29, 1.82) is 0 Å². The molecule has 0 aliphatic rings. The van der Waals surface area contributed by atoms with Crippen molar-refractivity contribution >= 4 is 44.4 Å². The molecule has 0 saturated carbocycles. The van der Waals surface area contributed by atoms with Gasteiger partial charge in [0, 0.05) is 16.2 Å². The van der Waals surface area contributed by atoms with E-state index < -0.39 is 21.7 Å². The molecule has 0 aliphatic carbocycles. The highest BCUT2D eigenvalue weighted by atomic mass is 35.5. The average molecular weight is 577 g/mol. The zero-order chi connectivity index (χ0) is 26.3. The van der Waals surface area contributed by atoms with Crippen molar-refractivity contribution in [2.75, 3.05) is 19.5 Å². The van der Waals surface area contributed by atoms with Gasteiger partial charge in [0.25, 0.3) is 0 Å². The number of hydrogen-bond donors (Lipinski definition) is 1. The minimum Gasteiger partial charge on any atom is -0.490 e. The van der Waals surface area contributed by atoms with E-state index in [-0.39, 0.29) is 45.3 Å². The van der Waals surface area contributed by atoms with Gasteiger partial charge in [0.05, 0.1) is 27.9 Å². The fourth-order valence-electron chi connectivity index (χ4n) is 3.38. The van der Waals surface area contributed by atoms with E-state index in [4.69, 9.17) is 33.0 Å². The first kappa shape index (κ1) is 26.5. The first-order valence-corrected chi connectivity index (χ1v) is 13.7. The summed E-state index contributed by atoms with van der Waals surface area (Å²) in [6, 6.07) is 13.1. The number of sulfone groups is 1. The van der Waals surface area contributed by atoms with Gasteiger partial charge < -0.3 is 9.84 Å². The maximum atomic E-state index is 13.5. The summed E-state index contributed by atoms with van der Waals surface area (Å²) in [5, 5.41) is 13.2. The van der Waals surface area contributed by atoms with E-state index in [1.165, 1.54) is 30.3 Å². The molecular weight excluding hydrogens is 560 g/mol. The maximum absolute atomic E-state index is 13.5. The van der Waals surface area contributed by atoms with Crippen molar-refractivity contribution in [3.63, 3.8) is 0 Å². The number of nitrogens with zero attached hydrogens (tertiary/aromatic N) is 2. The lowest BCUT2D eigenvalue weighted by Crippen LogP contribution is -2.07. The predicted octanol–water partition coefficient (Wildman–Crippen LogP) is 6.37. The number of ether oxygens (including phenoxy) is 1. The zero-order valence-electron chi connectivity index (χ0n) is 18.4. The van der Waals surface area contributed by atoms with Crippen LogP contribution in [-0.4, -0.2) is 42.8 Å². The quantitative estimate of drug-likeness (QED) is 0.276. The minimum atomic E-state index is -4.69. The van der Waals surface area contributed by atoms with Crippen LogP contribution in [0.2, 0.25) is 10.0 Å². The molecule has 0 spiro atoms. The summed E-state index contributed by atoms with van der Waals surface area (Å²) in [6.07, 6.45) is -3.66. The van der Waals surface area contributed by atoms with Crippen LogP contribution in [0.4, 0.5) is 13.2 Å². The van der Waals surface area contributed by atoms with Crippen molar-refractivity contribution in [1.82, 2.24) is 9.78 Å². The van der Waals surface area contributed by atoms with Crippen LogP contribution in [0.15, 0.2) is 59.5 Å². The highest BCUT2D eigenvalue weighted by Gasteiger charge is 2.35. The fourth-order valence-corrected chi connectivity index (χ4v) is 5.58. The molecule has 0 unspecified atom stereocenters. The SMILES string of the molecule is CS(=O)(=O)c1cc(-c2ccc(-c3cc(C(F)(F)F)nn3-c3cc(Cl)ccc3Cl)s2)ccc1OCCO. The molecule has 13 heteroatoms. The molecule has 190 valence electrons. The number of aliphatic hydroxyl groups excluding tert-OH is 1. The molecule has 6 nitrogen and oxygen atoms in total. The smallest absolute Gasteiger partial charge is 0.435 e. The van der Waals surface area contributed by atoms with Crippen LogP contribution < -0.4 is 4.74 Å². The van der Waals surface area contributed by atoms with Gasteiger partial charge in [0.1, 0.15) is 17.3 Å². The number of benzene rings is 2. The summed E-state index contributed by atoms with van der Waals surface area (Å²) in [6.45, 7) is -0.369. The number of halogens is 5. The predicted molar refractivity (Wildman–Crippen MR) is 133 cm³/mol. The standard InChI is InChI=1S/C23H17Cl2F3N2O4S2/c1-36(32,33)21-10-13(2-5-18(21)34-9-8-31)19-6-7-20(35-19)17-12-22(23(26,27)28)29-30(17)16-11-14(24)3-4-15(16)25/h2-7,10-12,31H,8-9H2,1H3. The third-order valence-corrected chi connectivity index (χ3v) is 7.80. The number of aromatic nitrogens is 2. The van der Waals surface area contributed by atoms with E-state index in [9.17, 15) is 21.6 Å². The summed E-state index contributed by atoms with van der Waals surface area (Å²) < 4.78 is 71.6. The summed E-state index contributed by atoms with van der Waals surface area (Å²) in [4.78, 5) is 0.964. The van der Waals surface area contributed by atoms with Crippen molar-refractivity contribution in [3.8, 4) is 32.4 Å². The van der Waals surface area contributed by atoms with Crippen LogP contribution in [0.25, 0.3) is 26.7 Å². The summed E-state index contributed by atoms with van der Waals surface area (Å²) in [7, 11) is -3.67. The average Bonchev–Trinajstić information content (AvgIpc) is 3.46. The van der Waals surface area contributed by atoms with Gasteiger partial charge >= 0.3 is 6.18 Å². The number of hydrogen-bond acceptors (Lipinski definition) is 6. The van der Waals surface area contributed by atoms with Gasteiger partial charge in [0.2, 0.25) is 0 Å². The summed E-state index contributed by atoms with van der Waals surface area (Å²) in [5.74, 6) is 0.0931. The summed E-state index contributed by atoms with van der Waals surface area (Å²) in [5.41, 5.74) is -0.275. The second-order valence-corrected chi connectivity index (χ2v) is 11.5. The van der Waals surface area contributed by atoms with Crippen LogP contribution in [0.5, 0.6) is 5.75 Å². The lowest BCUT2D eigenvalue weighted by molar-refractivity contribution is -0.141. The van der Waals surface area contributed by atoms with Gasteiger partial charge in [-0.15, -0.1) is 11.3 Å². The lowest BCUT2D eigenvalue weighted by Gasteiger charge is -2.11. The first-order valence-electron chi connectivity index (χ1n) is 10.2. The highest BCUT2D eigenvalue weighted by molar-refractivity contribution is 7.90. The number of rotatable bonds is 7. The molecule has 0 bridgehead atoms. The molecule has 2 heterocycles. The Kier molecular flexibility index (Phi) is 7.40. The molecule has 0 radical (unpaired) electrons. The Morgan fingerprint density at radius 1 is 1.06 bits per heavy atom. The van der Waals surface area contributed by atoms with Gasteiger partial charge in [-0.3, -0.25) is 0 Å². The van der Waals surface area contributed by atoms with Crippen molar-refractivity contribution < 1.29 is 31.4 Å². The Labute approximate surface area is 218 Å². The molecule has 36 heavy (non-hydrogen) atoms. The van der Waals surface area contributed by atoms with Crippen LogP contribution in [0.1, 0.15) is 5.69 Å². The third-order valence-electron chi connectivity index (χ3n) is 4.97.